The smallest absolute Gasteiger partial charge is 0.213 e. The van der Waals surface area contributed by atoms with Crippen LogP contribution in [0.1, 0.15) is 52.9 Å². The Morgan fingerprint density at radius 1 is 1.19 bits per heavy atom. The zero-order valence-electron chi connectivity index (χ0n) is 10.5. The molecule has 0 spiro atoms. The Balaban J connectivity index is 2.64. The quantitative estimate of drug-likeness (QED) is 0.792. The second-order valence-corrected chi connectivity index (χ2v) is 7.76. The largest absolute Gasteiger partial charge is 0.324 e. The molecule has 0 aromatic carbocycles. The summed E-state index contributed by atoms with van der Waals surface area (Å²) >= 11 is 0. The molecule has 0 radical (unpaired) electrons. The van der Waals surface area contributed by atoms with Gasteiger partial charge in [0.05, 0.1) is 5.75 Å². The first-order chi connectivity index (χ1) is 7.12. The van der Waals surface area contributed by atoms with Crippen molar-refractivity contribution in [2.24, 2.45) is 5.73 Å². The maximum atomic E-state index is 11.9. The lowest BCUT2D eigenvalue weighted by molar-refractivity contribution is 0.321. The van der Waals surface area contributed by atoms with Gasteiger partial charge < -0.3 is 5.73 Å². The SMILES string of the molecule is CC(C)(C)NS(=O)(=O)CC1(N)CCCCC1. The molecule has 0 unspecified atom stereocenters. The second kappa shape index (κ2) is 4.63. The van der Waals surface area contributed by atoms with Gasteiger partial charge in [-0.1, -0.05) is 19.3 Å². The number of sulfonamides is 1. The Hall–Kier alpha value is -0.130. The lowest BCUT2D eigenvalue weighted by Crippen LogP contribution is -2.53. The third kappa shape index (κ3) is 4.80. The van der Waals surface area contributed by atoms with Gasteiger partial charge in [-0.15, -0.1) is 0 Å². The maximum absolute atomic E-state index is 11.9. The van der Waals surface area contributed by atoms with Gasteiger partial charge in [-0.25, -0.2) is 13.1 Å². The van der Waals surface area contributed by atoms with Crippen molar-refractivity contribution in [3.05, 3.63) is 0 Å². The van der Waals surface area contributed by atoms with E-state index >= 15 is 0 Å². The van der Waals surface area contributed by atoms with Crippen LogP contribution in [-0.2, 0) is 10.0 Å². The van der Waals surface area contributed by atoms with E-state index in [1.165, 1.54) is 6.42 Å². The van der Waals surface area contributed by atoms with Gasteiger partial charge in [0.15, 0.2) is 0 Å². The molecule has 1 fully saturated rings. The molecule has 1 saturated carbocycles. The van der Waals surface area contributed by atoms with Crippen molar-refractivity contribution < 1.29 is 8.42 Å². The zero-order valence-corrected chi connectivity index (χ0v) is 11.4. The maximum Gasteiger partial charge on any atom is 0.213 e. The predicted molar refractivity (Wildman–Crippen MR) is 66.7 cm³/mol. The monoisotopic (exact) mass is 248 g/mol. The molecule has 0 aliphatic heterocycles. The summed E-state index contributed by atoms with van der Waals surface area (Å²) in [5.74, 6) is 0.0528. The summed E-state index contributed by atoms with van der Waals surface area (Å²) in [6, 6.07) is 0. The molecule has 96 valence electrons. The Morgan fingerprint density at radius 3 is 2.12 bits per heavy atom. The van der Waals surface area contributed by atoms with Crippen LogP contribution in [0.25, 0.3) is 0 Å². The molecule has 5 heteroatoms. The van der Waals surface area contributed by atoms with Crippen molar-refractivity contribution in [3.8, 4) is 0 Å². The van der Waals surface area contributed by atoms with Crippen LogP contribution >= 0.6 is 0 Å². The molecular formula is C11H24N2O2S. The van der Waals surface area contributed by atoms with E-state index in [4.69, 9.17) is 5.73 Å². The number of rotatable bonds is 3. The highest BCUT2D eigenvalue weighted by molar-refractivity contribution is 7.89. The molecule has 3 N–H and O–H groups in total. The highest BCUT2D eigenvalue weighted by atomic mass is 32.2. The van der Waals surface area contributed by atoms with E-state index in [1.54, 1.807) is 0 Å². The van der Waals surface area contributed by atoms with E-state index < -0.39 is 21.1 Å². The molecule has 16 heavy (non-hydrogen) atoms. The van der Waals surface area contributed by atoms with Crippen molar-refractivity contribution in [1.29, 1.82) is 0 Å². The molecule has 4 nitrogen and oxygen atoms in total. The molecule has 0 aromatic heterocycles. The lowest BCUT2D eigenvalue weighted by atomic mass is 9.84. The van der Waals surface area contributed by atoms with Crippen LogP contribution in [-0.4, -0.2) is 25.2 Å². The van der Waals surface area contributed by atoms with E-state index in [0.717, 1.165) is 25.7 Å². The van der Waals surface area contributed by atoms with Crippen LogP contribution in [0.15, 0.2) is 0 Å². The summed E-state index contributed by atoms with van der Waals surface area (Å²) in [5.41, 5.74) is 5.20. The highest BCUT2D eigenvalue weighted by Gasteiger charge is 2.34. The average Bonchev–Trinajstić information content (AvgIpc) is 1.97. The number of nitrogens with two attached hydrogens (primary N) is 1. The van der Waals surface area contributed by atoms with Crippen molar-refractivity contribution >= 4 is 10.0 Å². The fraction of sp³-hybridized carbons (Fsp3) is 1.00. The molecule has 0 aromatic rings. The average molecular weight is 248 g/mol. The molecule has 0 bridgehead atoms. The van der Waals surface area contributed by atoms with Crippen LogP contribution in [0, 0.1) is 0 Å². The molecule has 0 heterocycles. The third-order valence-corrected chi connectivity index (χ3v) is 4.67. The molecule has 1 aliphatic carbocycles. The van der Waals surface area contributed by atoms with Crippen molar-refractivity contribution in [3.63, 3.8) is 0 Å². The molecule has 0 atom stereocenters. The van der Waals surface area contributed by atoms with E-state index in [2.05, 4.69) is 4.72 Å². The summed E-state index contributed by atoms with van der Waals surface area (Å²) in [6.45, 7) is 5.53. The highest BCUT2D eigenvalue weighted by Crippen LogP contribution is 2.27. The van der Waals surface area contributed by atoms with Gasteiger partial charge in [0.1, 0.15) is 0 Å². The third-order valence-electron chi connectivity index (χ3n) is 2.79. The van der Waals surface area contributed by atoms with E-state index in [1.807, 2.05) is 20.8 Å². The van der Waals surface area contributed by atoms with Crippen LogP contribution in [0.2, 0.25) is 0 Å². The van der Waals surface area contributed by atoms with Crippen LogP contribution in [0.3, 0.4) is 0 Å². The van der Waals surface area contributed by atoms with Gasteiger partial charge in [-0.3, -0.25) is 0 Å². The number of hydrogen-bond acceptors (Lipinski definition) is 3. The van der Waals surface area contributed by atoms with E-state index in [9.17, 15) is 8.42 Å². The first kappa shape index (κ1) is 13.9. The fourth-order valence-corrected chi connectivity index (χ4v) is 4.33. The van der Waals surface area contributed by atoms with Gasteiger partial charge >= 0.3 is 0 Å². The van der Waals surface area contributed by atoms with Crippen LogP contribution in [0.5, 0.6) is 0 Å². The fourth-order valence-electron chi connectivity index (χ4n) is 2.28. The van der Waals surface area contributed by atoms with Crippen molar-refractivity contribution in [2.75, 3.05) is 5.75 Å². The molecule has 1 aliphatic rings. The minimum Gasteiger partial charge on any atom is -0.324 e. The molecule has 0 amide bonds. The number of hydrogen-bond donors (Lipinski definition) is 2. The Morgan fingerprint density at radius 2 is 1.69 bits per heavy atom. The van der Waals surface area contributed by atoms with E-state index in [-0.39, 0.29) is 5.75 Å². The Labute approximate surface area is 99.0 Å². The first-order valence-electron chi connectivity index (χ1n) is 5.93. The van der Waals surface area contributed by atoms with Gasteiger partial charge in [-0.05, 0) is 33.6 Å². The van der Waals surface area contributed by atoms with Gasteiger partial charge in [0.2, 0.25) is 10.0 Å². The predicted octanol–water partition coefficient (Wildman–Crippen LogP) is 1.37. The van der Waals surface area contributed by atoms with Crippen molar-refractivity contribution in [1.82, 2.24) is 4.72 Å². The minimum atomic E-state index is -3.27. The van der Waals surface area contributed by atoms with Gasteiger partial charge in [0, 0.05) is 11.1 Å². The van der Waals surface area contributed by atoms with Crippen LogP contribution in [0.4, 0.5) is 0 Å². The van der Waals surface area contributed by atoms with Crippen LogP contribution < -0.4 is 10.5 Å². The van der Waals surface area contributed by atoms with Gasteiger partial charge in [0.25, 0.3) is 0 Å². The first-order valence-corrected chi connectivity index (χ1v) is 7.58. The Kier molecular flexibility index (Phi) is 4.03. The Bertz CT molecular complexity index is 324. The lowest BCUT2D eigenvalue weighted by Gasteiger charge is -2.34. The van der Waals surface area contributed by atoms with E-state index in [0.29, 0.717) is 0 Å². The summed E-state index contributed by atoms with van der Waals surface area (Å²) in [5, 5.41) is 0. The molecular weight excluding hydrogens is 224 g/mol. The molecule has 1 rings (SSSR count). The summed E-state index contributed by atoms with van der Waals surface area (Å²) in [7, 11) is -3.27. The second-order valence-electron chi connectivity index (χ2n) is 6.03. The molecule has 0 saturated heterocycles. The minimum absolute atomic E-state index is 0.0528. The zero-order chi connectivity index (χ0) is 12.4. The normalized spacial score (nSPS) is 22.0. The topological polar surface area (TPSA) is 72.2 Å². The standard InChI is InChI=1S/C11H24N2O2S/c1-10(2,3)13-16(14,15)9-11(12)7-5-4-6-8-11/h13H,4-9,12H2,1-3H3. The van der Waals surface area contributed by atoms with Crippen molar-refractivity contribution in [2.45, 2.75) is 64.0 Å². The number of nitrogens with one attached hydrogen (secondary N) is 1. The summed E-state index contributed by atoms with van der Waals surface area (Å²) < 4.78 is 26.5. The van der Waals surface area contributed by atoms with Gasteiger partial charge in [-0.2, -0.15) is 0 Å². The summed E-state index contributed by atoms with van der Waals surface area (Å²) in [6.07, 6.45) is 4.89. The summed E-state index contributed by atoms with van der Waals surface area (Å²) in [4.78, 5) is 0.